The van der Waals surface area contributed by atoms with Crippen LogP contribution in [0.15, 0.2) is 46.9 Å². The number of thiophene rings is 1. The molecule has 4 rings (SSSR count). The van der Waals surface area contributed by atoms with E-state index >= 15 is 0 Å². The first kappa shape index (κ1) is 17.9. The molecule has 5 nitrogen and oxygen atoms in total. The fraction of sp³-hybridized carbons (Fsp3) is 0.350. The monoisotopic (exact) mass is 385 g/mol. The van der Waals surface area contributed by atoms with Gasteiger partial charge < -0.3 is 4.90 Å². The van der Waals surface area contributed by atoms with Crippen LogP contribution < -0.4 is 0 Å². The zero-order chi connectivity index (χ0) is 19.0. The Hall–Kier alpha value is -2.54. The molecule has 2 amide bonds. The van der Waals surface area contributed by atoms with Gasteiger partial charge in [0.1, 0.15) is 12.4 Å². The quantitative estimate of drug-likeness (QED) is 0.792. The summed E-state index contributed by atoms with van der Waals surface area (Å²) in [5.41, 5.74) is 1.21. The highest BCUT2D eigenvalue weighted by atomic mass is 32.1. The molecule has 1 atom stereocenters. The molecular weight excluding hydrogens is 365 g/mol. The largest absolute Gasteiger partial charge is 0.336 e. The zero-order valence-corrected chi connectivity index (χ0v) is 15.8. The molecule has 0 spiro atoms. The third-order valence-corrected chi connectivity index (χ3v) is 5.83. The number of halogens is 1. The second-order valence-corrected chi connectivity index (χ2v) is 7.92. The van der Waals surface area contributed by atoms with Crippen LogP contribution in [0.3, 0.4) is 0 Å². The van der Waals surface area contributed by atoms with Crippen LogP contribution in [0.4, 0.5) is 4.39 Å². The van der Waals surface area contributed by atoms with E-state index in [1.165, 1.54) is 27.3 Å². The van der Waals surface area contributed by atoms with Crippen molar-refractivity contribution >= 4 is 28.9 Å². The Kier molecular flexibility index (Phi) is 4.78. The minimum Gasteiger partial charge on any atom is -0.336 e. The molecule has 0 N–H and O–H groups in total. The summed E-state index contributed by atoms with van der Waals surface area (Å²) in [7, 11) is 1.64. The molecule has 1 fully saturated rings. The summed E-state index contributed by atoms with van der Waals surface area (Å²) in [6, 6.07) is 9.83. The summed E-state index contributed by atoms with van der Waals surface area (Å²) in [4.78, 5) is 27.5. The molecule has 2 heterocycles. The molecule has 7 heteroatoms. The van der Waals surface area contributed by atoms with Crippen molar-refractivity contribution < 1.29 is 14.0 Å². The molecule has 0 radical (unpaired) electrons. The SMILES string of the molecule is CN(CC(=O)N1N=C(c2cccs2)C[C@H]1c1ccccc1F)C(=O)C1CC1. The van der Waals surface area contributed by atoms with Crippen LogP contribution in [0.25, 0.3) is 0 Å². The average Bonchev–Trinajstić information content (AvgIpc) is 3.18. The van der Waals surface area contributed by atoms with Gasteiger partial charge in [0.05, 0.1) is 16.6 Å². The molecule has 0 unspecified atom stereocenters. The maximum atomic E-state index is 14.4. The van der Waals surface area contributed by atoms with Gasteiger partial charge in [0.2, 0.25) is 5.91 Å². The lowest BCUT2D eigenvalue weighted by Crippen LogP contribution is -2.39. The highest BCUT2D eigenvalue weighted by molar-refractivity contribution is 7.12. The standard InChI is InChI=1S/C20H20FN3O2S/c1-23(20(26)13-8-9-13)12-19(25)24-17(14-5-2-3-6-15(14)21)11-16(22-24)18-7-4-10-27-18/h2-7,10,13,17H,8-9,11-12H2,1H3/t17-/m0/s1. The van der Waals surface area contributed by atoms with Gasteiger partial charge in [0.25, 0.3) is 5.91 Å². The van der Waals surface area contributed by atoms with Crippen LogP contribution in [0.2, 0.25) is 0 Å². The molecule has 0 saturated heterocycles. The predicted molar refractivity (Wildman–Crippen MR) is 102 cm³/mol. The topological polar surface area (TPSA) is 53.0 Å². The number of hydrogen-bond donors (Lipinski definition) is 0. The first-order chi connectivity index (χ1) is 13.0. The number of likely N-dealkylation sites (N-methyl/N-ethyl adjacent to an activating group) is 1. The highest BCUT2D eigenvalue weighted by Crippen LogP contribution is 2.35. The molecule has 1 aromatic carbocycles. The van der Waals surface area contributed by atoms with Gasteiger partial charge >= 0.3 is 0 Å². The second-order valence-electron chi connectivity index (χ2n) is 6.97. The van der Waals surface area contributed by atoms with E-state index in [2.05, 4.69) is 5.10 Å². The van der Waals surface area contributed by atoms with Crippen molar-refractivity contribution in [3.05, 3.63) is 58.0 Å². The van der Waals surface area contributed by atoms with E-state index in [9.17, 15) is 14.0 Å². The molecular formula is C20H20FN3O2S. The molecule has 2 aliphatic rings. The molecule has 1 aromatic heterocycles. The van der Waals surface area contributed by atoms with Crippen LogP contribution in [-0.2, 0) is 9.59 Å². The number of benzene rings is 1. The summed E-state index contributed by atoms with van der Waals surface area (Å²) >= 11 is 1.54. The zero-order valence-electron chi connectivity index (χ0n) is 15.0. The van der Waals surface area contributed by atoms with Crippen molar-refractivity contribution in [3.8, 4) is 0 Å². The third-order valence-electron chi connectivity index (χ3n) is 4.91. The molecule has 27 heavy (non-hydrogen) atoms. The molecule has 1 aliphatic carbocycles. The van der Waals surface area contributed by atoms with Gasteiger partial charge in [-0.1, -0.05) is 24.3 Å². The van der Waals surface area contributed by atoms with Crippen molar-refractivity contribution in [2.24, 2.45) is 11.0 Å². The Morgan fingerprint density at radius 2 is 2.04 bits per heavy atom. The van der Waals surface area contributed by atoms with Crippen LogP contribution in [0, 0.1) is 11.7 Å². The number of carbonyl (C=O) groups is 2. The fourth-order valence-corrected chi connectivity index (χ4v) is 4.04. The predicted octanol–water partition coefficient (Wildman–Crippen LogP) is 3.43. The van der Waals surface area contributed by atoms with Gasteiger partial charge in [0, 0.05) is 24.9 Å². The number of carbonyl (C=O) groups excluding carboxylic acids is 2. The van der Waals surface area contributed by atoms with Crippen LogP contribution in [0.5, 0.6) is 0 Å². The van der Waals surface area contributed by atoms with E-state index in [1.807, 2.05) is 17.5 Å². The van der Waals surface area contributed by atoms with Gasteiger partial charge in [-0.15, -0.1) is 11.3 Å². The first-order valence-corrected chi connectivity index (χ1v) is 9.85. The van der Waals surface area contributed by atoms with E-state index in [-0.39, 0.29) is 30.1 Å². The van der Waals surface area contributed by atoms with E-state index in [0.29, 0.717) is 12.0 Å². The average molecular weight is 385 g/mol. The first-order valence-electron chi connectivity index (χ1n) is 8.97. The number of amides is 2. The lowest BCUT2D eigenvalue weighted by Gasteiger charge is -2.25. The summed E-state index contributed by atoms with van der Waals surface area (Å²) in [6.07, 6.45) is 2.23. The van der Waals surface area contributed by atoms with Crippen molar-refractivity contribution in [3.63, 3.8) is 0 Å². The number of hydrazone groups is 1. The molecule has 0 bridgehead atoms. The maximum absolute atomic E-state index is 14.4. The molecule has 1 saturated carbocycles. The van der Waals surface area contributed by atoms with E-state index < -0.39 is 6.04 Å². The minimum absolute atomic E-state index is 0.00699. The Morgan fingerprint density at radius 3 is 2.70 bits per heavy atom. The molecule has 2 aromatic rings. The molecule has 1 aliphatic heterocycles. The van der Waals surface area contributed by atoms with E-state index in [4.69, 9.17) is 0 Å². The third kappa shape index (κ3) is 3.64. The summed E-state index contributed by atoms with van der Waals surface area (Å²) in [5, 5.41) is 7.81. The fourth-order valence-electron chi connectivity index (χ4n) is 3.31. The van der Waals surface area contributed by atoms with Crippen LogP contribution >= 0.6 is 11.3 Å². The lowest BCUT2D eigenvalue weighted by atomic mass is 10.0. The van der Waals surface area contributed by atoms with E-state index in [0.717, 1.165) is 23.4 Å². The van der Waals surface area contributed by atoms with Crippen molar-refractivity contribution in [1.29, 1.82) is 0 Å². The summed E-state index contributed by atoms with van der Waals surface area (Å²) in [5.74, 6) is -0.613. The van der Waals surface area contributed by atoms with Crippen molar-refractivity contribution in [2.75, 3.05) is 13.6 Å². The minimum atomic E-state index is -0.500. The lowest BCUT2D eigenvalue weighted by molar-refractivity contribution is -0.141. The Labute approximate surface area is 161 Å². The summed E-state index contributed by atoms with van der Waals surface area (Å²) in [6.45, 7) is -0.0541. The Balaban J connectivity index is 1.59. The van der Waals surface area contributed by atoms with Gasteiger partial charge in [-0.25, -0.2) is 9.40 Å². The van der Waals surface area contributed by atoms with Crippen LogP contribution in [-0.4, -0.2) is 41.0 Å². The second kappa shape index (κ2) is 7.23. The Morgan fingerprint density at radius 1 is 1.26 bits per heavy atom. The van der Waals surface area contributed by atoms with Gasteiger partial charge in [-0.3, -0.25) is 9.59 Å². The highest BCUT2D eigenvalue weighted by Gasteiger charge is 2.37. The number of nitrogens with zero attached hydrogens (tertiary/aromatic N) is 3. The normalized spacial score (nSPS) is 19.1. The van der Waals surface area contributed by atoms with Crippen molar-refractivity contribution in [1.82, 2.24) is 9.91 Å². The van der Waals surface area contributed by atoms with Gasteiger partial charge in [-0.05, 0) is 30.4 Å². The summed E-state index contributed by atoms with van der Waals surface area (Å²) < 4.78 is 14.4. The van der Waals surface area contributed by atoms with Crippen LogP contribution in [0.1, 0.15) is 35.7 Å². The molecule has 140 valence electrons. The van der Waals surface area contributed by atoms with Gasteiger partial charge in [-0.2, -0.15) is 5.10 Å². The number of rotatable bonds is 5. The maximum Gasteiger partial charge on any atom is 0.262 e. The van der Waals surface area contributed by atoms with Gasteiger partial charge in [0.15, 0.2) is 0 Å². The number of hydrogen-bond acceptors (Lipinski definition) is 4. The van der Waals surface area contributed by atoms with Crippen molar-refractivity contribution in [2.45, 2.75) is 25.3 Å². The Bertz CT molecular complexity index is 892. The van der Waals surface area contributed by atoms with E-state index in [1.54, 1.807) is 25.2 Å². The smallest absolute Gasteiger partial charge is 0.262 e.